The fourth-order valence-corrected chi connectivity index (χ4v) is 3.74. The first-order valence-corrected chi connectivity index (χ1v) is 8.82. The van der Waals surface area contributed by atoms with E-state index in [0.717, 1.165) is 31.2 Å². The zero-order valence-corrected chi connectivity index (χ0v) is 14.0. The minimum atomic E-state index is -0.278. The maximum Gasteiger partial charge on any atom is 0.276 e. The molecule has 0 saturated carbocycles. The van der Waals surface area contributed by atoms with Gasteiger partial charge in [-0.25, -0.2) is 9.37 Å². The van der Waals surface area contributed by atoms with Crippen molar-refractivity contribution in [3.63, 3.8) is 0 Å². The second-order valence-corrected chi connectivity index (χ2v) is 6.67. The maximum atomic E-state index is 13.5. The van der Waals surface area contributed by atoms with Crippen molar-refractivity contribution in [3.8, 4) is 0 Å². The molecule has 6 heteroatoms. The lowest BCUT2D eigenvalue weighted by atomic mass is 10.0. The molecule has 1 atom stereocenters. The summed E-state index contributed by atoms with van der Waals surface area (Å²) in [6.45, 7) is 2.05. The van der Waals surface area contributed by atoms with Gasteiger partial charge in [-0.2, -0.15) is 0 Å². The van der Waals surface area contributed by atoms with E-state index in [2.05, 4.69) is 4.98 Å². The van der Waals surface area contributed by atoms with Gasteiger partial charge in [-0.1, -0.05) is 12.1 Å². The van der Waals surface area contributed by atoms with Crippen LogP contribution in [0.15, 0.2) is 34.9 Å². The summed E-state index contributed by atoms with van der Waals surface area (Å²) in [5.74, 6) is 0.412. The molecule has 1 aromatic heterocycles. The number of hydrogen-bond donors (Lipinski definition) is 0. The molecular weight excluding hydrogens is 323 g/mol. The quantitative estimate of drug-likeness (QED) is 0.852. The molecule has 2 saturated heterocycles. The lowest BCUT2D eigenvalue weighted by Gasteiger charge is -2.24. The number of ether oxygens (including phenoxy) is 1. The average molecular weight is 344 g/mol. The van der Waals surface area contributed by atoms with Gasteiger partial charge >= 0.3 is 0 Å². The van der Waals surface area contributed by atoms with Gasteiger partial charge in [0.25, 0.3) is 5.91 Å². The Morgan fingerprint density at radius 1 is 1.24 bits per heavy atom. The van der Waals surface area contributed by atoms with Crippen LogP contribution in [0, 0.1) is 5.82 Å². The second-order valence-electron chi connectivity index (χ2n) is 6.67. The Morgan fingerprint density at radius 2 is 2.08 bits per heavy atom. The van der Waals surface area contributed by atoms with Gasteiger partial charge in [0.15, 0.2) is 11.6 Å². The molecule has 4 rings (SSSR count). The molecular formula is C19H21FN2O3. The van der Waals surface area contributed by atoms with E-state index in [4.69, 9.17) is 9.15 Å². The van der Waals surface area contributed by atoms with Crippen LogP contribution >= 0.6 is 0 Å². The molecule has 1 amide bonds. The number of hydrogen-bond acceptors (Lipinski definition) is 4. The average Bonchev–Trinajstić information content (AvgIpc) is 3.32. The van der Waals surface area contributed by atoms with E-state index in [1.165, 1.54) is 18.4 Å². The van der Waals surface area contributed by atoms with Crippen LogP contribution in [0.1, 0.15) is 59.6 Å². The number of likely N-dealkylation sites (tertiary alicyclic amines) is 1. The predicted molar refractivity (Wildman–Crippen MR) is 88.7 cm³/mol. The molecule has 1 unspecified atom stereocenters. The first kappa shape index (κ1) is 16.3. The van der Waals surface area contributed by atoms with Crippen LogP contribution in [-0.2, 0) is 4.74 Å². The number of rotatable bonds is 3. The van der Waals surface area contributed by atoms with Gasteiger partial charge in [0.05, 0.1) is 6.04 Å². The Bertz CT molecular complexity index is 755. The van der Waals surface area contributed by atoms with Crippen LogP contribution in [0.4, 0.5) is 4.39 Å². The van der Waals surface area contributed by atoms with E-state index in [1.807, 2.05) is 6.07 Å². The molecule has 0 bridgehead atoms. The highest BCUT2D eigenvalue weighted by Gasteiger charge is 2.33. The Kier molecular flexibility index (Phi) is 4.53. The Morgan fingerprint density at radius 3 is 2.88 bits per heavy atom. The van der Waals surface area contributed by atoms with Gasteiger partial charge in [-0.05, 0) is 43.4 Å². The zero-order valence-electron chi connectivity index (χ0n) is 14.0. The first-order valence-electron chi connectivity index (χ1n) is 8.82. The largest absolute Gasteiger partial charge is 0.448 e. The van der Waals surface area contributed by atoms with Crippen molar-refractivity contribution < 1.29 is 18.3 Å². The summed E-state index contributed by atoms with van der Waals surface area (Å²) in [4.78, 5) is 19.1. The molecule has 0 N–H and O–H groups in total. The molecule has 1 aromatic carbocycles. The summed E-state index contributed by atoms with van der Waals surface area (Å²) < 4.78 is 24.5. The molecule has 2 fully saturated rings. The summed E-state index contributed by atoms with van der Waals surface area (Å²) >= 11 is 0. The number of aromatic nitrogens is 1. The summed E-state index contributed by atoms with van der Waals surface area (Å²) in [5.41, 5.74) is 1.17. The van der Waals surface area contributed by atoms with Gasteiger partial charge < -0.3 is 14.1 Å². The molecule has 2 aliphatic rings. The van der Waals surface area contributed by atoms with Gasteiger partial charge in [0.2, 0.25) is 0 Å². The minimum Gasteiger partial charge on any atom is -0.448 e. The molecule has 2 aromatic rings. The summed E-state index contributed by atoms with van der Waals surface area (Å²) in [6.07, 6.45) is 4.92. The number of amides is 1. The number of oxazole rings is 1. The third-order valence-corrected chi connectivity index (χ3v) is 5.06. The third-order valence-electron chi connectivity index (χ3n) is 5.06. The van der Waals surface area contributed by atoms with Gasteiger partial charge in [-0.15, -0.1) is 0 Å². The van der Waals surface area contributed by atoms with E-state index < -0.39 is 0 Å². The van der Waals surface area contributed by atoms with Gasteiger partial charge in [-0.3, -0.25) is 4.79 Å². The number of carbonyl (C=O) groups is 1. The summed E-state index contributed by atoms with van der Waals surface area (Å²) in [7, 11) is 0. The molecule has 0 radical (unpaired) electrons. The predicted octanol–water partition coefficient (Wildman–Crippen LogP) is 3.69. The molecule has 25 heavy (non-hydrogen) atoms. The van der Waals surface area contributed by atoms with Crippen molar-refractivity contribution in [2.24, 2.45) is 0 Å². The Labute approximate surface area is 145 Å². The minimum absolute atomic E-state index is 0.105. The lowest BCUT2D eigenvalue weighted by Crippen LogP contribution is -2.31. The fraction of sp³-hybridized carbons (Fsp3) is 0.474. The van der Waals surface area contributed by atoms with E-state index in [-0.39, 0.29) is 23.7 Å². The normalized spacial score (nSPS) is 21.6. The standard InChI is InChI=1S/C19H21FN2O3/c20-15-4-1-3-14(11-15)17-5-2-8-22(17)19(23)16-12-25-18(21-16)13-6-9-24-10-7-13/h1,3-4,11-13,17H,2,5-10H2. The molecule has 0 aliphatic carbocycles. The van der Waals surface area contributed by atoms with Crippen LogP contribution in [0.5, 0.6) is 0 Å². The van der Waals surface area contributed by atoms with Crippen molar-refractivity contribution in [2.75, 3.05) is 19.8 Å². The van der Waals surface area contributed by atoms with Crippen LogP contribution in [0.3, 0.4) is 0 Å². The van der Waals surface area contributed by atoms with Crippen LogP contribution in [0.2, 0.25) is 0 Å². The van der Waals surface area contributed by atoms with Crippen molar-refractivity contribution in [1.29, 1.82) is 0 Å². The monoisotopic (exact) mass is 344 g/mol. The van der Waals surface area contributed by atoms with E-state index in [9.17, 15) is 9.18 Å². The highest BCUT2D eigenvalue weighted by Crippen LogP contribution is 2.34. The number of halogens is 1. The van der Waals surface area contributed by atoms with Gasteiger partial charge in [0.1, 0.15) is 12.1 Å². The van der Waals surface area contributed by atoms with Crippen LogP contribution < -0.4 is 0 Å². The number of nitrogens with zero attached hydrogens (tertiary/aromatic N) is 2. The van der Waals surface area contributed by atoms with Crippen molar-refractivity contribution in [2.45, 2.75) is 37.6 Å². The van der Waals surface area contributed by atoms with Crippen molar-refractivity contribution in [1.82, 2.24) is 9.88 Å². The smallest absolute Gasteiger partial charge is 0.276 e. The fourth-order valence-electron chi connectivity index (χ4n) is 3.74. The lowest BCUT2D eigenvalue weighted by molar-refractivity contribution is 0.0729. The van der Waals surface area contributed by atoms with Crippen LogP contribution in [0.25, 0.3) is 0 Å². The SMILES string of the molecule is O=C(c1coc(C2CCOCC2)n1)N1CCCC1c1cccc(F)c1. The highest BCUT2D eigenvalue weighted by atomic mass is 19.1. The topological polar surface area (TPSA) is 55.6 Å². The van der Waals surface area contributed by atoms with Gasteiger partial charge in [0, 0.05) is 25.7 Å². The van der Waals surface area contributed by atoms with Crippen molar-refractivity contribution in [3.05, 3.63) is 53.5 Å². The number of benzene rings is 1. The van der Waals surface area contributed by atoms with Crippen molar-refractivity contribution >= 4 is 5.91 Å². The zero-order chi connectivity index (χ0) is 17.2. The maximum absolute atomic E-state index is 13.5. The molecule has 132 valence electrons. The molecule has 3 heterocycles. The first-order chi connectivity index (χ1) is 12.2. The molecule has 2 aliphatic heterocycles. The second kappa shape index (κ2) is 6.96. The molecule has 0 spiro atoms. The summed E-state index contributed by atoms with van der Waals surface area (Å²) in [5, 5.41) is 0. The van der Waals surface area contributed by atoms with E-state index in [1.54, 1.807) is 11.0 Å². The third kappa shape index (κ3) is 3.31. The highest BCUT2D eigenvalue weighted by molar-refractivity contribution is 5.92. The van der Waals surface area contributed by atoms with E-state index >= 15 is 0 Å². The summed E-state index contributed by atoms with van der Waals surface area (Å²) in [6, 6.07) is 6.38. The Hall–Kier alpha value is -2.21. The molecule has 5 nitrogen and oxygen atoms in total. The van der Waals surface area contributed by atoms with E-state index in [0.29, 0.717) is 31.3 Å². The number of carbonyl (C=O) groups excluding carboxylic acids is 1. The Balaban J connectivity index is 1.52. The van der Waals surface area contributed by atoms with Crippen LogP contribution in [-0.4, -0.2) is 35.5 Å².